The molecule has 0 aliphatic carbocycles. The first-order valence-corrected chi connectivity index (χ1v) is 8.27. The smallest absolute Gasteiger partial charge is 0.242 e. The summed E-state index contributed by atoms with van der Waals surface area (Å²) in [6.07, 6.45) is 1.77. The molecule has 6 heteroatoms. The lowest BCUT2D eigenvalue weighted by Gasteiger charge is -2.14. The van der Waals surface area contributed by atoms with Crippen molar-refractivity contribution in [1.29, 1.82) is 0 Å². The fraction of sp³-hybridized carbons (Fsp3) is 0.529. The molecule has 2 N–H and O–H groups in total. The second-order valence-electron chi connectivity index (χ2n) is 5.44. The van der Waals surface area contributed by atoms with Crippen molar-refractivity contribution in [2.24, 2.45) is 0 Å². The number of hydrogen-bond acceptors (Lipinski definition) is 3. The molecule has 0 aliphatic heterocycles. The number of carbonyl (C=O) groups is 2. The highest BCUT2D eigenvalue weighted by molar-refractivity contribution is 6.31. The van der Waals surface area contributed by atoms with Gasteiger partial charge in [-0.3, -0.25) is 9.59 Å². The van der Waals surface area contributed by atoms with Gasteiger partial charge in [0.15, 0.2) is 0 Å². The molecule has 1 aromatic rings. The summed E-state index contributed by atoms with van der Waals surface area (Å²) in [7, 11) is 0. The summed E-state index contributed by atoms with van der Waals surface area (Å²) in [5.41, 5.74) is 0.953. The molecule has 0 fully saturated rings. The lowest BCUT2D eigenvalue weighted by atomic mass is 10.2. The number of ether oxygens (including phenoxy) is 1. The van der Waals surface area contributed by atoms with Gasteiger partial charge in [-0.1, -0.05) is 18.5 Å². The second-order valence-corrected chi connectivity index (χ2v) is 5.85. The topological polar surface area (TPSA) is 67.4 Å². The van der Waals surface area contributed by atoms with Gasteiger partial charge in [0.25, 0.3) is 0 Å². The van der Waals surface area contributed by atoms with Crippen LogP contribution in [-0.4, -0.2) is 31.0 Å². The number of amides is 2. The van der Waals surface area contributed by atoms with Crippen LogP contribution in [-0.2, 0) is 9.59 Å². The molecular formula is C17H25ClN2O3. The zero-order valence-corrected chi connectivity index (χ0v) is 14.7. The summed E-state index contributed by atoms with van der Waals surface area (Å²) in [4.78, 5) is 23.4. The summed E-state index contributed by atoms with van der Waals surface area (Å²) in [6, 6.07) is 4.93. The van der Waals surface area contributed by atoms with E-state index in [4.69, 9.17) is 16.3 Å². The number of rotatable bonds is 9. The first-order valence-electron chi connectivity index (χ1n) is 7.90. The van der Waals surface area contributed by atoms with Gasteiger partial charge in [0, 0.05) is 18.0 Å². The quantitative estimate of drug-likeness (QED) is 0.679. The maximum Gasteiger partial charge on any atom is 0.242 e. The van der Waals surface area contributed by atoms with Gasteiger partial charge in [0.05, 0.1) is 6.61 Å². The van der Waals surface area contributed by atoms with Crippen LogP contribution in [0.4, 0.5) is 0 Å². The minimum Gasteiger partial charge on any atom is -0.494 e. The Kier molecular flexibility index (Phi) is 8.48. The first-order chi connectivity index (χ1) is 10.9. The van der Waals surface area contributed by atoms with Crippen molar-refractivity contribution in [3.8, 4) is 5.75 Å². The van der Waals surface area contributed by atoms with E-state index in [0.717, 1.165) is 17.7 Å². The lowest BCUT2D eigenvalue weighted by molar-refractivity contribution is -0.128. The molecule has 23 heavy (non-hydrogen) atoms. The van der Waals surface area contributed by atoms with Crippen molar-refractivity contribution in [2.45, 2.75) is 46.1 Å². The Balaban J connectivity index is 2.23. The number of halogens is 1. The Morgan fingerprint density at radius 2 is 2.09 bits per heavy atom. The number of benzene rings is 1. The minimum absolute atomic E-state index is 0.153. The van der Waals surface area contributed by atoms with E-state index >= 15 is 0 Å². The molecule has 0 saturated carbocycles. The predicted molar refractivity (Wildman–Crippen MR) is 91.8 cm³/mol. The summed E-state index contributed by atoms with van der Waals surface area (Å²) >= 11 is 5.95. The Morgan fingerprint density at radius 1 is 1.35 bits per heavy atom. The molecule has 1 rings (SSSR count). The first kappa shape index (κ1) is 19.3. The highest BCUT2D eigenvalue weighted by Crippen LogP contribution is 2.21. The maximum atomic E-state index is 11.8. The molecule has 128 valence electrons. The van der Waals surface area contributed by atoms with Gasteiger partial charge >= 0.3 is 0 Å². The van der Waals surface area contributed by atoms with E-state index in [0.29, 0.717) is 31.0 Å². The van der Waals surface area contributed by atoms with Crippen molar-refractivity contribution in [2.75, 3.05) is 13.2 Å². The van der Waals surface area contributed by atoms with Crippen molar-refractivity contribution in [1.82, 2.24) is 10.6 Å². The van der Waals surface area contributed by atoms with Gasteiger partial charge in [-0.25, -0.2) is 0 Å². The highest BCUT2D eigenvalue weighted by atomic mass is 35.5. The van der Waals surface area contributed by atoms with E-state index in [9.17, 15) is 9.59 Å². The average Bonchev–Trinajstić information content (AvgIpc) is 2.52. The van der Waals surface area contributed by atoms with Crippen LogP contribution >= 0.6 is 11.6 Å². The van der Waals surface area contributed by atoms with E-state index in [1.54, 1.807) is 19.1 Å². The van der Waals surface area contributed by atoms with Crippen LogP contribution in [0.25, 0.3) is 0 Å². The van der Waals surface area contributed by atoms with Gasteiger partial charge in [-0.2, -0.15) is 0 Å². The number of carbonyl (C=O) groups excluding carboxylic acids is 2. The Labute approximate surface area is 142 Å². The van der Waals surface area contributed by atoms with Crippen molar-refractivity contribution in [3.63, 3.8) is 0 Å². The van der Waals surface area contributed by atoms with Crippen molar-refractivity contribution in [3.05, 3.63) is 28.8 Å². The van der Waals surface area contributed by atoms with E-state index in [-0.39, 0.29) is 11.8 Å². The molecule has 1 atom stereocenters. The summed E-state index contributed by atoms with van der Waals surface area (Å²) in [6.45, 7) is 6.62. The monoisotopic (exact) mass is 340 g/mol. The molecule has 2 amide bonds. The van der Waals surface area contributed by atoms with Crippen LogP contribution in [0, 0.1) is 6.92 Å². The van der Waals surface area contributed by atoms with Crippen LogP contribution in [0.15, 0.2) is 18.2 Å². The third kappa shape index (κ3) is 7.37. The summed E-state index contributed by atoms with van der Waals surface area (Å²) < 4.78 is 5.58. The molecule has 0 heterocycles. The third-order valence-corrected chi connectivity index (χ3v) is 3.69. The summed E-state index contributed by atoms with van der Waals surface area (Å²) in [5.74, 6) is 0.424. The van der Waals surface area contributed by atoms with Crippen LogP contribution < -0.4 is 15.4 Å². The molecule has 0 saturated heterocycles. The normalized spacial score (nSPS) is 11.7. The molecule has 1 aromatic carbocycles. The molecule has 0 spiro atoms. The molecule has 1 unspecified atom stereocenters. The fourth-order valence-electron chi connectivity index (χ4n) is 1.91. The van der Waals surface area contributed by atoms with Crippen molar-refractivity contribution >= 4 is 23.4 Å². The van der Waals surface area contributed by atoms with Gasteiger partial charge in [-0.05, 0) is 50.5 Å². The highest BCUT2D eigenvalue weighted by Gasteiger charge is 2.14. The standard InChI is InChI=1S/C17H25ClN2O3/c1-4-9-19-17(22)13(3)20-16(21)6-5-10-23-14-7-8-15(18)12(2)11-14/h7-8,11,13H,4-6,9-10H2,1-3H3,(H,19,22)(H,20,21). The van der Waals surface area contributed by atoms with Gasteiger partial charge < -0.3 is 15.4 Å². The number of nitrogens with one attached hydrogen (secondary N) is 2. The zero-order valence-electron chi connectivity index (χ0n) is 13.9. The maximum absolute atomic E-state index is 11.8. The third-order valence-electron chi connectivity index (χ3n) is 3.27. The number of hydrogen-bond donors (Lipinski definition) is 2. The largest absolute Gasteiger partial charge is 0.494 e. The van der Waals surface area contributed by atoms with E-state index in [1.165, 1.54) is 0 Å². The van der Waals surface area contributed by atoms with Gasteiger partial charge in [0.2, 0.25) is 11.8 Å². The van der Waals surface area contributed by atoms with Crippen LogP contribution in [0.3, 0.4) is 0 Å². The Bertz CT molecular complexity index is 535. The predicted octanol–water partition coefficient (Wildman–Crippen LogP) is 2.84. The minimum atomic E-state index is -0.520. The van der Waals surface area contributed by atoms with Crippen LogP contribution in [0.2, 0.25) is 5.02 Å². The number of aryl methyl sites for hydroxylation is 1. The molecule has 0 aromatic heterocycles. The summed E-state index contributed by atoms with van der Waals surface area (Å²) in [5, 5.41) is 6.13. The molecule has 0 bridgehead atoms. The SMILES string of the molecule is CCCNC(=O)C(C)NC(=O)CCCOc1ccc(Cl)c(C)c1. The van der Waals surface area contributed by atoms with E-state index in [1.807, 2.05) is 19.9 Å². The zero-order chi connectivity index (χ0) is 17.2. The molecular weight excluding hydrogens is 316 g/mol. The Morgan fingerprint density at radius 3 is 2.74 bits per heavy atom. The molecule has 0 aliphatic rings. The van der Waals surface area contributed by atoms with E-state index in [2.05, 4.69) is 10.6 Å². The van der Waals surface area contributed by atoms with E-state index < -0.39 is 6.04 Å². The van der Waals surface area contributed by atoms with Crippen LogP contribution in [0.1, 0.15) is 38.7 Å². The second kappa shape index (κ2) is 10.1. The molecule has 5 nitrogen and oxygen atoms in total. The van der Waals surface area contributed by atoms with Gasteiger partial charge in [0.1, 0.15) is 11.8 Å². The Hall–Kier alpha value is -1.75. The average molecular weight is 341 g/mol. The fourth-order valence-corrected chi connectivity index (χ4v) is 2.03. The molecule has 0 radical (unpaired) electrons. The van der Waals surface area contributed by atoms with Crippen LogP contribution in [0.5, 0.6) is 5.75 Å². The van der Waals surface area contributed by atoms with Crippen molar-refractivity contribution < 1.29 is 14.3 Å². The van der Waals surface area contributed by atoms with Gasteiger partial charge in [-0.15, -0.1) is 0 Å². The lowest BCUT2D eigenvalue weighted by Crippen LogP contribution is -2.45.